The Morgan fingerprint density at radius 1 is 1.09 bits per heavy atom. The van der Waals surface area contributed by atoms with Crippen molar-refractivity contribution in [2.24, 2.45) is 11.8 Å². The van der Waals surface area contributed by atoms with E-state index in [0.717, 1.165) is 35.7 Å². The van der Waals surface area contributed by atoms with Gasteiger partial charge in [0.2, 0.25) is 15.9 Å². The minimum absolute atomic E-state index is 0.0492. The number of rotatable bonds is 4. The van der Waals surface area contributed by atoms with Crippen LogP contribution in [0.25, 0.3) is 10.8 Å². The van der Waals surface area contributed by atoms with E-state index in [2.05, 4.69) is 17.2 Å². The molecule has 32 heavy (non-hydrogen) atoms. The van der Waals surface area contributed by atoms with Gasteiger partial charge in [0.25, 0.3) is 0 Å². The first-order valence-electron chi connectivity index (χ1n) is 11.2. The molecule has 1 aliphatic heterocycles. The van der Waals surface area contributed by atoms with E-state index < -0.39 is 10.0 Å². The Morgan fingerprint density at radius 2 is 1.84 bits per heavy atom. The standard InChI is InChI=1S/C24H27N3O3S2/c1-16-6-9-21-22(14-16)31-24(25-21)26-23(28)18-10-12-27(13-11-18)32(29,30)20-8-7-17-4-2-3-5-19(17)15-20/h2-5,7-8,15-16,18H,6,9-14H2,1H3,(H,25,26,28). The highest BCUT2D eigenvalue weighted by molar-refractivity contribution is 7.89. The molecule has 6 nitrogen and oxygen atoms in total. The number of benzene rings is 2. The maximum absolute atomic E-state index is 13.2. The Balaban J connectivity index is 1.23. The maximum Gasteiger partial charge on any atom is 0.243 e. The molecule has 0 bridgehead atoms. The van der Waals surface area contributed by atoms with E-state index >= 15 is 0 Å². The number of hydrogen-bond donors (Lipinski definition) is 1. The van der Waals surface area contributed by atoms with Crippen molar-refractivity contribution in [3.05, 3.63) is 53.0 Å². The Hall–Kier alpha value is -2.29. The summed E-state index contributed by atoms with van der Waals surface area (Å²) < 4.78 is 27.8. The average molecular weight is 470 g/mol. The van der Waals surface area contributed by atoms with E-state index in [1.165, 1.54) is 9.18 Å². The summed E-state index contributed by atoms with van der Waals surface area (Å²) in [5.41, 5.74) is 1.12. The van der Waals surface area contributed by atoms with E-state index in [1.807, 2.05) is 30.3 Å². The minimum atomic E-state index is -3.58. The number of aromatic nitrogens is 1. The van der Waals surface area contributed by atoms with E-state index in [1.54, 1.807) is 23.5 Å². The van der Waals surface area contributed by atoms with Gasteiger partial charge < -0.3 is 5.32 Å². The van der Waals surface area contributed by atoms with E-state index in [0.29, 0.717) is 41.9 Å². The highest BCUT2D eigenvalue weighted by Gasteiger charge is 2.32. The number of nitrogens with zero attached hydrogens (tertiary/aromatic N) is 2. The summed E-state index contributed by atoms with van der Waals surface area (Å²) in [5, 5.41) is 5.59. The molecule has 0 spiro atoms. The smallest absolute Gasteiger partial charge is 0.243 e. The van der Waals surface area contributed by atoms with Crippen LogP contribution in [0.5, 0.6) is 0 Å². The third-order valence-corrected chi connectivity index (χ3v) is 9.53. The van der Waals surface area contributed by atoms with Crippen LogP contribution >= 0.6 is 11.3 Å². The van der Waals surface area contributed by atoms with Gasteiger partial charge in [0.05, 0.1) is 10.6 Å². The molecule has 0 radical (unpaired) electrons. The van der Waals surface area contributed by atoms with Crippen molar-refractivity contribution < 1.29 is 13.2 Å². The van der Waals surface area contributed by atoms with Crippen LogP contribution < -0.4 is 5.32 Å². The van der Waals surface area contributed by atoms with Crippen molar-refractivity contribution in [3.63, 3.8) is 0 Å². The Bertz CT molecular complexity index is 1260. The van der Waals surface area contributed by atoms with E-state index in [4.69, 9.17) is 0 Å². The molecule has 2 aliphatic rings. The fourth-order valence-corrected chi connectivity index (χ4v) is 7.32. The molecule has 1 aliphatic carbocycles. The number of aryl methyl sites for hydroxylation is 1. The van der Waals surface area contributed by atoms with Crippen molar-refractivity contribution in [1.29, 1.82) is 0 Å². The van der Waals surface area contributed by atoms with Crippen molar-refractivity contribution in [2.45, 2.75) is 43.9 Å². The molecule has 8 heteroatoms. The molecule has 1 atom stereocenters. The predicted molar refractivity (Wildman–Crippen MR) is 127 cm³/mol. The third kappa shape index (κ3) is 4.19. The highest BCUT2D eigenvalue weighted by Crippen LogP contribution is 2.33. The van der Waals surface area contributed by atoms with Gasteiger partial charge in [-0.3, -0.25) is 4.79 Å². The maximum atomic E-state index is 13.2. The van der Waals surface area contributed by atoms with E-state index in [-0.39, 0.29) is 11.8 Å². The van der Waals surface area contributed by atoms with Gasteiger partial charge in [0.15, 0.2) is 5.13 Å². The molecule has 2 aromatic carbocycles. The predicted octanol–water partition coefficient (Wildman–Crippen LogP) is 4.46. The number of nitrogens with one attached hydrogen (secondary N) is 1. The number of carbonyl (C=O) groups is 1. The number of amides is 1. The number of carbonyl (C=O) groups excluding carboxylic acids is 1. The van der Waals surface area contributed by atoms with Gasteiger partial charge in [-0.15, -0.1) is 11.3 Å². The molecular formula is C24H27N3O3S2. The van der Waals surface area contributed by atoms with Crippen molar-refractivity contribution in [2.75, 3.05) is 18.4 Å². The summed E-state index contributed by atoms with van der Waals surface area (Å²) in [5.74, 6) is 0.421. The van der Waals surface area contributed by atoms with Gasteiger partial charge in [-0.2, -0.15) is 4.31 Å². The molecule has 3 aromatic rings. The molecule has 1 saturated heterocycles. The van der Waals surface area contributed by atoms with Crippen LogP contribution in [0.4, 0.5) is 5.13 Å². The zero-order valence-electron chi connectivity index (χ0n) is 18.1. The highest BCUT2D eigenvalue weighted by atomic mass is 32.2. The van der Waals surface area contributed by atoms with Gasteiger partial charge >= 0.3 is 0 Å². The lowest BCUT2D eigenvalue weighted by Crippen LogP contribution is -2.41. The summed E-state index contributed by atoms with van der Waals surface area (Å²) in [4.78, 5) is 19.0. The first-order chi connectivity index (χ1) is 15.4. The van der Waals surface area contributed by atoms with Crippen LogP contribution in [0.1, 0.15) is 36.8 Å². The summed E-state index contributed by atoms with van der Waals surface area (Å²) in [6.07, 6.45) is 4.19. The summed E-state index contributed by atoms with van der Waals surface area (Å²) >= 11 is 1.58. The fourth-order valence-electron chi connectivity index (χ4n) is 4.64. The second kappa shape index (κ2) is 8.57. The molecule has 1 aromatic heterocycles. The molecule has 5 rings (SSSR count). The molecule has 0 saturated carbocycles. The number of thiazole rings is 1. The SMILES string of the molecule is CC1CCc2nc(NC(=O)C3CCN(S(=O)(=O)c4ccc5ccccc5c4)CC3)sc2C1. The molecule has 1 fully saturated rings. The number of anilines is 1. The lowest BCUT2D eigenvalue weighted by Gasteiger charge is -2.30. The zero-order valence-corrected chi connectivity index (χ0v) is 19.7. The number of fused-ring (bicyclic) bond motifs is 2. The molecule has 1 N–H and O–H groups in total. The normalized spacial score (nSPS) is 20.2. The summed E-state index contributed by atoms with van der Waals surface area (Å²) in [7, 11) is -3.58. The van der Waals surface area contributed by atoms with Gasteiger partial charge in [0, 0.05) is 23.9 Å². The molecule has 1 amide bonds. The first-order valence-corrected chi connectivity index (χ1v) is 13.4. The summed E-state index contributed by atoms with van der Waals surface area (Å²) in [6.45, 7) is 2.94. The molecule has 1 unspecified atom stereocenters. The monoisotopic (exact) mass is 469 g/mol. The van der Waals surface area contributed by atoms with Gasteiger partial charge in [-0.1, -0.05) is 37.3 Å². The van der Waals surface area contributed by atoms with Crippen molar-refractivity contribution in [1.82, 2.24) is 9.29 Å². The van der Waals surface area contributed by atoms with Crippen molar-refractivity contribution >= 4 is 43.2 Å². The van der Waals surface area contributed by atoms with Gasteiger partial charge in [0.1, 0.15) is 0 Å². The van der Waals surface area contributed by atoms with Crippen LogP contribution in [0.15, 0.2) is 47.4 Å². The minimum Gasteiger partial charge on any atom is -0.302 e. The van der Waals surface area contributed by atoms with Crippen LogP contribution in [0.3, 0.4) is 0 Å². The zero-order chi connectivity index (χ0) is 22.3. The second-order valence-electron chi connectivity index (χ2n) is 8.91. The van der Waals surface area contributed by atoms with Gasteiger partial charge in [-0.25, -0.2) is 13.4 Å². The van der Waals surface area contributed by atoms with Crippen LogP contribution in [0, 0.1) is 11.8 Å². The number of sulfonamides is 1. The molecule has 168 valence electrons. The summed E-state index contributed by atoms with van der Waals surface area (Å²) in [6, 6.07) is 13.0. The first kappa shape index (κ1) is 21.6. The lowest BCUT2D eigenvalue weighted by molar-refractivity contribution is -0.120. The topological polar surface area (TPSA) is 79.4 Å². The Labute approximate surface area is 192 Å². The largest absolute Gasteiger partial charge is 0.302 e. The fraction of sp³-hybridized carbons (Fsp3) is 0.417. The third-order valence-electron chi connectivity index (χ3n) is 6.60. The van der Waals surface area contributed by atoms with E-state index in [9.17, 15) is 13.2 Å². The Kier molecular flexibility index (Phi) is 5.77. The van der Waals surface area contributed by atoms with Crippen LogP contribution in [-0.4, -0.2) is 36.7 Å². The lowest BCUT2D eigenvalue weighted by atomic mass is 9.93. The number of piperidine rings is 1. The average Bonchev–Trinajstić information content (AvgIpc) is 3.20. The molecular weight excluding hydrogens is 442 g/mol. The van der Waals surface area contributed by atoms with Gasteiger partial charge in [-0.05, 0) is 60.9 Å². The van der Waals surface area contributed by atoms with Crippen LogP contribution in [-0.2, 0) is 27.7 Å². The Morgan fingerprint density at radius 3 is 2.62 bits per heavy atom. The number of hydrogen-bond acceptors (Lipinski definition) is 5. The quantitative estimate of drug-likeness (QED) is 0.612. The van der Waals surface area contributed by atoms with Crippen molar-refractivity contribution in [3.8, 4) is 0 Å². The van der Waals surface area contributed by atoms with Crippen LogP contribution in [0.2, 0.25) is 0 Å². The second-order valence-corrected chi connectivity index (χ2v) is 11.9. The molecule has 2 heterocycles.